The molecule has 1 saturated carbocycles. The molecule has 256 valence electrons. The third-order valence-corrected chi connectivity index (χ3v) is 11.1. The number of methoxy groups -OCH3 is 2. The number of carboxylic acids is 1. The first-order valence-corrected chi connectivity index (χ1v) is 16.9. The highest BCUT2D eigenvalue weighted by Gasteiger charge is 2.47. The number of halogens is 3. The number of hydrogen-bond donors (Lipinski definition) is 1. The number of aliphatic carboxylic acids is 1. The molecule has 2 aromatic rings. The van der Waals surface area contributed by atoms with E-state index in [1.54, 1.807) is 20.3 Å². The first kappa shape index (κ1) is 33.6. The molecule has 0 radical (unpaired) electrons. The van der Waals surface area contributed by atoms with Crippen molar-refractivity contribution in [3.63, 3.8) is 0 Å². The van der Waals surface area contributed by atoms with Crippen molar-refractivity contribution in [1.29, 1.82) is 0 Å². The Morgan fingerprint density at radius 2 is 1.64 bits per heavy atom. The van der Waals surface area contributed by atoms with Crippen LogP contribution in [0.2, 0.25) is 0 Å². The van der Waals surface area contributed by atoms with E-state index in [4.69, 9.17) is 9.47 Å². The molecule has 3 heterocycles. The Labute approximate surface area is 274 Å². The molecule has 4 fully saturated rings. The molecule has 1 amide bonds. The monoisotopic (exact) mass is 657 g/mol. The summed E-state index contributed by atoms with van der Waals surface area (Å²) >= 11 is 0. The standard InChI is InChI=1S/C36H46F3N3O5/c1-46-22-28-17-25(30-12-9-26(36(37,38)39)18-33(30)40-15-13-24(14-16-40)35(44)45)19-42(28)34(43)32-21-41(27-5-3-4-6-27)20-31(32)23-7-10-29(47-2)11-8-23/h7-12,18,24-25,27-28,31-32H,3-6,13-17,19-22H2,1-2H3,(H,44,45)/t25-,28-,31+,32-/m1/s1. The number of piperidine rings is 1. The Morgan fingerprint density at radius 3 is 2.26 bits per heavy atom. The Morgan fingerprint density at radius 1 is 0.936 bits per heavy atom. The Bertz CT molecular complexity index is 1410. The molecule has 3 saturated heterocycles. The zero-order chi connectivity index (χ0) is 33.3. The van der Waals surface area contributed by atoms with Crippen molar-refractivity contribution in [3.05, 3.63) is 59.2 Å². The average molecular weight is 658 g/mol. The fourth-order valence-corrected chi connectivity index (χ4v) is 8.52. The van der Waals surface area contributed by atoms with Crippen LogP contribution < -0.4 is 9.64 Å². The van der Waals surface area contributed by atoms with Crippen LogP contribution >= 0.6 is 0 Å². The van der Waals surface area contributed by atoms with E-state index < -0.39 is 23.6 Å². The van der Waals surface area contributed by atoms with Crippen molar-refractivity contribution in [2.75, 3.05) is 58.5 Å². The number of rotatable bonds is 9. The Kier molecular flexibility index (Phi) is 10.0. The molecule has 2 aromatic carbocycles. The SMILES string of the molecule is COC[C@H]1C[C@@H](c2ccc(C(F)(F)F)cc2N2CCC(C(=O)O)CC2)CN1C(=O)[C@@H]1CN(C2CCCC2)C[C@H]1c1ccc(OC)cc1. The number of anilines is 1. The molecule has 8 nitrogen and oxygen atoms in total. The smallest absolute Gasteiger partial charge is 0.416 e. The van der Waals surface area contributed by atoms with E-state index in [2.05, 4.69) is 17.0 Å². The number of alkyl halides is 3. The van der Waals surface area contributed by atoms with Crippen LogP contribution in [0.4, 0.5) is 18.9 Å². The van der Waals surface area contributed by atoms with Crippen LogP contribution in [0.25, 0.3) is 0 Å². The lowest BCUT2D eigenvalue weighted by molar-refractivity contribution is -0.142. The fourth-order valence-electron chi connectivity index (χ4n) is 8.52. The van der Waals surface area contributed by atoms with Crippen LogP contribution in [-0.4, -0.2) is 92.4 Å². The summed E-state index contributed by atoms with van der Waals surface area (Å²) in [6.45, 7) is 2.97. The van der Waals surface area contributed by atoms with Crippen LogP contribution in [0.1, 0.15) is 73.5 Å². The van der Waals surface area contributed by atoms with Gasteiger partial charge >= 0.3 is 12.1 Å². The van der Waals surface area contributed by atoms with E-state index in [0.29, 0.717) is 63.8 Å². The van der Waals surface area contributed by atoms with Crippen molar-refractivity contribution in [3.8, 4) is 5.75 Å². The summed E-state index contributed by atoms with van der Waals surface area (Å²) in [5.41, 5.74) is 1.65. The number of hydrogen-bond acceptors (Lipinski definition) is 6. The molecule has 4 aliphatic rings. The van der Waals surface area contributed by atoms with Crippen molar-refractivity contribution >= 4 is 17.6 Å². The molecule has 0 bridgehead atoms. The first-order chi connectivity index (χ1) is 22.6. The topological polar surface area (TPSA) is 82.5 Å². The zero-order valence-corrected chi connectivity index (χ0v) is 27.3. The van der Waals surface area contributed by atoms with Crippen molar-refractivity contribution in [2.24, 2.45) is 11.8 Å². The largest absolute Gasteiger partial charge is 0.497 e. The Balaban J connectivity index is 1.28. The first-order valence-electron chi connectivity index (χ1n) is 16.9. The van der Waals surface area contributed by atoms with Gasteiger partial charge in [0.1, 0.15) is 5.75 Å². The summed E-state index contributed by atoms with van der Waals surface area (Å²) in [5, 5.41) is 9.49. The third kappa shape index (κ3) is 7.11. The van der Waals surface area contributed by atoms with Gasteiger partial charge in [0.15, 0.2) is 0 Å². The number of carboxylic acid groups (broad SMARTS) is 1. The second-order valence-corrected chi connectivity index (χ2v) is 13.8. The van der Waals surface area contributed by atoms with Crippen LogP contribution in [0, 0.1) is 11.8 Å². The maximum Gasteiger partial charge on any atom is 0.416 e. The molecular weight excluding hydrogens is 611 g/mol. The van der Waals surface area contributed by atoms with Gasteiger partial charge in [-0.15, -0.1) is 0 Å². The van der Waals surface area contributed by atoms with E-state index in [0.717, 1.165) is 42.3 Å². The Hall–Kier alpha value is -3.31. The summed E-state index contributed by atoms with van der Waals surface area (Å²) in [5.74, 6) is -0.929. The minimum absolute atomic E-state index is 0.0217. The molecule has 11 heteroatoms. The molecule has 0 spiro atoms. The molecule has 4 atom stereocenters. The van der Waals surface area contributed by atoms with Gasteiger partial charge in [0.25, 0.3) is 0 Å². The predicted octanol–water partition coefficient (Wildman–Crippen LogP) is 6.00. The second kappa shape index (κ2) is 14.0. The van der Waals surface area contributed by atoms with E-state index in [1.165, 1.54) is 18.9 Å². The minimum Gasteiger partial charge on any atom is -0.497 e. The third-order valence-electron chi connectivity index (χ3n) is 11.1. The summed E-state index contributed by atoms with van der Waals surface area (Å²) in [7, 11) is 3.25. The molecule has 1 N–H and O–H groups in total. The fraction of sp³-hybridized carbons (Fsp3) is 0.611. The highest BCUT2D eigenvalue weighted by Crippen LogP contribution is 2.44. The van der Waals surface area contributed by atoms with Gasteiger partial charge in [-0.1, -0.05) is 31.0 Å². The summed E-state index contributed by atoms with van der Waals surface area (Å²) in [6.07, 6.45) is 1.53. The van der Waals surface area contributed by atoms with E-state index in [-0.39, 0.29) is 29.7 Å². The average Bonchev–Trinajstić information content (AvgIpc) is 3.85. The number of amides is 1. The van der Waals surface area contributed by atoms with Crippen molar-refractivity contribution < 1.29 is 37.3 Å². The quantitative estimate of drug-likeness (QED) is 0.354. The van der Waals surface area contributed by atoms with Gasteiger partial charge < -0.3 is 24.4 Å². The highest BCUT2D eigenvalue weighted by molar-refractivity contribution is 5.82. The zero-order valence-electron chi connectivity index (χ0n) is 27.3. The van der Waals surface area contributed by atoms with Crippen LogP contribution in [-0.2, 0) is 20.5 Å². The maximum absolute atomic E-state index is 14.7. The molecule has 0 unspecified atom stereocenters. The normalized spacial score (nSPS) is 26.3. The van der Waals surface area contributed by atoms with Crippen LogP contribution in [0.15, 0.2) is 42.5 Å². The lowest BCUT2D eigenvalue weighted by atomic mass is 9.87. The van der Waals surface area contributed by atoms with E-state index in [9.17, 15) is 27.9 Å². The van der Waals surface area contributed by atoms with Gasteiger partial charge in [-0.05, 0) is 67.5 Å². The van der Waals surface area contributed by atoms with Gasteiger partial charge in [-0.2, -0.15) is 13.2 Å². The second-order valence-electron chi connectivity index (χ2n) is 13.8. The van der Waals surface area contributed by atoms with Gasteiger partial charge in [0, 0.05) is 63.4 Å². The molecular formula is C36H46F3N3O5. The number of carbonyl (C=O) groups excluding carboxylic acids is 1. The minimum atomic E-state index is -4.51. The van der Waals surface area contributed by atoms with Gasteiger partial charge in [0.2, 0.25) is 5.91 Å². The molecule has 1 aliphatic carbocycles. The molecule has 6 rings (SSSR count). The predicted molar refractivity (Wildman–Crippen MR) is 172 cm³/mol. The van der Waals surface area contributed by atoms with E-state index >= 15 is 0 Å². The number of likely N-dealkylation sites (tertiary alicyclic amines) is 2. The van der Waals surface area contributed by atoms with Crippen LogP contribution in [0.5, 0.6) is 5.75 Å². The summed E-state index contributed by atoms with van der Waals surface area (Å²) < 4.78 is 52.7. The molecule has 47 heavy (non-hydrogen) atoms. The van der Waals surface area contributed by atoms with Crippen molar-refractivity contribution in [2.45, 2.75) is 75.0 Å². The molecule has 0 aromatic heterocycles. The molecule has 3 aliphatic heterocycles. The van der Waals surface area contributed by atoms with Crippen LogP contribution in [0.3, 0.4) is 0 Å². The maximum atomic E-state index is 14.7. The lowest BCUT2D eigenvalue weighted by Crippen LogP contribution is -2.44. The van der Waals surface area contributed by atoms with Gasteiger partial charge in [-0.25, -0.2) is 0 Å². The van der Waals surface area contributed by atoms with Gasteiger partial charge in [0.05, 0.1) is 37.2 Å². The number of benzene rings is 2. The van der Waals surface area contributed by atoms with E-state index in [1.807, 2.05) is 21.9 Å². The number of ether oxygens (including phenoxy) is 2. The van der Waals surface area contributed by atoms with Gasteiger partial charge in [-0.3, -0.25) is 14.5 Å². The van der Waals surface area contributed by atoms with Crippen molar-refractivity contribution in [1.82, 2.24) is 9.80 Å². The number of nitrogens with zero attached hydrogens (tertiary/aromatic N) is 3. The highest BCUT2D eigenvalue weighted by atomic mass is 19.4. The lowest BCUT2D eigenvalue weighted by Gasteiger charge is -2.34. The summed E-state index contributed by atoms with van der Waals surface area (Å²) in [6, 6.07) is 12.2. The number of carbonyl (C=O) groups is 2. The summed E-state index contributed by atoms with van der Waals surface area (Å²) in [4.78, 5) is 32.6.